The molecule has 0 fully saturated rings. The third-order valence-corrected chi connectivity index (χ3v) is 1.65. The van der Waals surface area contributed by atoms with Crippen molar-refractivity contribution in [2.75, 3.05) is 0 Å². The van der Waals surface area contributed by atoms with E-state index in [9.17, 15) is 4.79 Å². The van der Waals surface area contributed by atoms with E-state index in [4.69, 9.17) is 28.3 Å². The van der Waals surface area contributed by atoms with Gasteiger partial charge in [0.05, 0.1) is 5.02 Å². The SMILES string of the molecule is O=COc1c(O)cc(Cl)cc1Cl. The number of hydrogen-bond donors (Lipinski definition) is 1. The highest BCUT2D eigenvalue weighted by atomic mass is 35.5. The van der Waals surface area contributed by atoms with Gasteiger partial charge in [0.25, 0.3) is 6.47 Å². The van der Waals surface area contributed by atoms with Crippen LogP contribution in [0.2, 0.25) is 10.0 Å². The van der Waals surface area contributed by atoms with E-state index in [1.165, 1.54) is 12.1 Å². The number of hydrogen-bond acceptors (Lipinski definition) is 3. The Morgan fingerprint density at radius 3 is 2.58 bits per heavy atom. The minimum Gasteiger partial charge on any atom is -0.504 e. The minimum absolute atomic E-state index is 0.0870. The van der Waals surface area contributed by atoms with Gasteiger partial charge in [0.1, 0.15) is 0 Å². The molecule has 0 spiro atoms. The molecule has 1 aromatic rings. The fourth-order valence-electron chi connectivity index (χ4n) is 0.712. The van der Waals surface area contributed by atoms with Crippen LogP contribution in [0.15, 0.2) is 12.1 Å². The molecule has 5 heteroatoms. The van der Waals surface area contributed by atoms with Crippen LogP contribution in [0.1, 0.15) is 0 Å². The van der Waals surface area contributed by atoms with E-state index in [0.717, 1.165) is 0 Å². The Kier molecular flexibility index (Phi) is 2.78. The van der Waals surface area contributed by atoms with Crippen LogP contribution < -0.4 is 4.74 Å². The number of carbonyl (C=O) groups is 1. The molecule has 0 aromatic heterocycles. The second kappa shape index (κ2) is 3.65. The largest absolute Gasteiger partial charge is 0.504 e. The molecule has 64 valence electrons. The number of rotatable bonds is 2. The maximum absolute atomic E-state index is 9.94. The van der Waals surface area contributed by atoms with Gasteiger partial charge in [-0.2, -0.15) is 0 Å². The van der Waals surface area contributed by atoms with Crippen LogP contribution in [0, 0.1) is 0 Å². The molecule has 1 aromatic carbocycles. The summed E-state index contributed by atoms with van der Waals surface area (Å²) in [6, 6.07) is 2.59. The third kappa shape index (κ3) is 1.81. The highest BCUT2D eigenvalue weighted by Gasteiger charge is 2.08. The summed E-state index contributed by atoms with van der Waals surface area (Å²) in [6.45, 7) is 0.175. The summed E-state index contributed by atoms with van der Waals surface area (Å²) in [7, 11) is 0. The maximum atomic E-state index is 9.94. The van der Waals surface area contributed by atoms with Crippen molar-refractivity contribution >= 4 is 29.7 Å². The van der Waals surface area contributed by atoms with Crippen molar-refractivity contribution in [3.63, 3.8) is 0 Å². The van der Waals surface area contributed by atoms with Crippen molar-refractivity contribution in [2.24, 2.45) is 0 Å². The van der Waals surface area contributed by atoms with Gasteiger partial charge in [0.15, 0.2) is 11.5 Å². The number of phenolic OH excluding ortho intramolecular Hbond substituents is 1. The Labute approximate surface area is 78.5 Å². The van der Waals surface area contributed by atoms with Crippen molar-refractivity contribution < 1.29 is 14.6 Å². The molecule has 1 rings (SSSR count). The fourth-order valence-corrected chi connectivity index (χ4v) is 1.24. The molecule has 0 saturated carbocycles. The summed E-state index contributed by atoms with van der Waals surface area (Å²) < 4.78 is 4.40. The average Bonchev–Trinajstić information content (AvgIpc) is 1.96. The van der Waals surface area contributed by atoms with E-state index in [1.54, 1.807) is 0 Å². The van der Waals surface area contributed by atoms with E-state index in [2.05, 4.69) is 4.74 Å². The third-order valence-electron chi connectivity index (χ3n) is 1.15. The molecule has 0 aliphatic carbocycles. The summed E-state index contributed by atoms with van der Waals surface area (Å²) in [5.74, 6) is -0.351. The summed E-state index contributed by atoms with van der Waals surface area (Å²) in [5, 5.41) is 9.51. The highest BCUT2D eigenvalue weighted by molar-refractivity contribution is 6.35. The molecule has 0 saturated heterocycles. The van der Waals surface area contributed by atoms with E-state index in [-0.39, 0.29) is 28.0 Å². The zero-order valence-corrected chi connectivity index (χ0v) is 7.26. The van der Waals surface area contributed by atoms with Gasteiger partial charge >= 0.3 is 0 Å². The van der Waals surface area contributed by atoms with Gasteiger partial charge in [0.2, 0.25) is 0 Å². The van der Waals surface area contributed by atoms with Gasteiger partial charge in [-0.3, -0.25) is 4.79 Å². The molecule has 0 radical (unpaired) electrons. The first-order valence-corrected chi connectivity index (χ1v) is 3.69. The van der Waals surface area contributed by atoms with Gasteiger partial charge in [-0.25, -0.2) is 0 Å². The number of phenols is 1. The predicted octanol–water partition coefficient (Wildman–Crippen LogP) is 2.23. The fraction of sp³-hybridized carbons (Fsp3) is 0. The summed E-state index contributed by atoms with van der Waals surface area (Å²) in [6.07, 6.45) is 0. The van der Waals surface area contributed by atoms with Crippen molar-refractivity contribution in [1.82, 2.24) is 0 Å². The Morgan fingerprint density at radius 2 is 2.08 bits per heavy atom. The molecule has 0 heterocycles. The lowest BCUT2D eigenvalue weighted by Crippen LogP contribution is -1.89. The summed E-state index contributed by atoms with van der Waals surface area (Å²) >= 11 is 11.1. The number of ether oxygens (including phenoxy) is 1. The van der Waals surface area contributed by atoms with Crippen LogP contribution in [0.3, 0.4) is 0 Å². The van der Waals surface area contributed by atoms with E-state index < -0.39 is 0 Å². The van der Waals surface area contributed by atoms with Gasteiger partial charge in [-0.05, 0) is 6.07 Å². The number of halogens is 2. The van der Waals surface area contributed by atoms with Crippen molar-refractivity contribution in [2.45, 2.75) is 0 Å². The van der Waals surface area contributed by atoms with E-state index in [0.29, 0.717) is 0 Å². The van der Waals surface area contributed by atoms with Crippen LogP contribution in [0.4, 0.5) is 0 Å². The molecule has 0 atom stereocenters. The number of carbonyl (C=O) groups excluding carboxylic acids is 1. The molecule has 0 aliphatic heterocycles. The smallest absolute Gasteiger partial charge is 0.298 e. The zero-order chi connectivity index (χ0) is 9.14. The first-order valence-electron chi connectivity index (χ1n) is 2.93. The lowest BCUT2D eigenvalue weighted by molar-refractivity contribution is -0.120. The molecule has 3 nitrogen and oxygen atoms in total. The van der Waals surface area contributed by atoms with Crippen molar-refractivity contribution in [1.29, 1.82) is 0 Å². The molecule has 12 heavy (non-hydrogen) atoms. The Hall–Kier alpha value is -0.930. The summed E-state index contributed by atoms with van der Waals surface area (Å²) in [4.78, 5) is 9.94. The Morgan fingerprint density at radius 1 is 1.42 bits per heavy atom. The van der Waals surface area contributed by atoms with Crippen LogP contribution >= 0.6 is 23.2 Å². The van der Waals surface area contributed by atoms with Crippen LogP contribution in [-0.4, -0.2) is 11.6 Å². The number of aromatic hydroxyl groups is 1. The highest BCUT2D eigenvalue weighted by Crippen LogP contribution is 2.36. The Balaban J connectivity index is 3.18. The molecule has 0 amide bonds. The Bertz CT molecular complexity index is 289. The molecule has 0 unspecified atom stereocenters. The molecular formula is C7H4Cl2O3. The van der Waals surface area contributed by atoms with Gasteiger partial charge in [0, 0.05) is 11.1 Å². The maximum Gasteiger partial charge on any atom is 0.298 e. The molecule has 0 aliphatic rings. The van der Waals surface area contributed by atoms with Gasteiger partial charge in [-0.15, -0.1) is 0 Å². The molecule has 1 N–H and O–H groups in total. The lowest BCUT2D eigenvalue weighted by atomic mass is 10.3. The second-order valence-corrected chi connectivity index (χ2v) is 2.79. The molecular weight excluding hydrogens is 203 g/mol. The average molecular weight is 207 g/mol. The molecule has 0 bridgehead atoms. The van der Waals surface area contributed by atoms with Crippen molar-refractivity contribution in [3.05, 3.63) is 22.2 Å². The summed E-state index contributed by atoms with van der Waals surface area (Å²) in [5.41, 5.74) is 0. The van der Waals surface area contributed by atoms with Crippen molar-refractivity contribution in [3.8, 4) is 11.5 Å². The predicted molar refractivity (Wildman–Crippen MR) is 44.8 cm³/mol. The van der Waals surface area contributed by atoms with Crippen LogP contribution in [0.5, 0.6) is 11.5 Å². The van der Waals surface area contributed by atoms with Crippen LogP contribution in [-0.2, 0) is 4.79 Å². The topological polar surface area (TPSA) is 46.5 Å². The first-order chi connectivity index (χ1) is 5.65. The quantitative estimate of drug-likeness (QED) is 0.756. The van der Waals surface area contributed by atoms with Gasteiger partial charge < -0.3 is 9.84 Å². The van der Waals surface area contributed by atoms with E-state index >= 15 is 0 Å². The first kappa shape index (κ1) is 9.16. The lowest BCUT2D eigenvalue weighted by Gasteiger charge is -2.03. The normalized spacial score (nSPS) is 9.50. The van der Waals surface area contributed by atoms with Crippen LogP contribution in [0.25, 0.3) is 0 Å². The second-order valence-electron chi connectivity index (χ2n) is 1.95. The minimum atomic E-state index is -0.264. The standard InChI is InChI=1S/C7H4Cl2O3/c8-4-1-5(9)7(12-3-10)6(11)2-4/h1-3,11H. The van der Waals surface area contributed by atoms with Gasteiger partial charge in [-0.1, -0.05) is 23.2 Å². The zero-order valence-electron chi connectivity index (χ0n) is 5.75. The number of benzene rings is 1. The van der Waals surface area contributed by atoms with E-state index in [1.807, 2.05) is 0 Å². The monoisotopic (exact) mass is 206 g/mol.